The number of rotatable bonds is 7. The molecule has 1 rings (SSSR count). The Kier molecular flexibility index (Phi) is 6.64. The van der Waals surface area contributed by atoms with E-state index in [0.29, 0.717) is 6.61 Å². The van der Waals surface area contributed by atoms with Crippen LogP contribution < -0.4 is 5.32 Å². The zero-order valence-electron chi connectivity index (χ0n) is 12.3. The maximum absolute atomic E-state index is 11.9. The maximum atomic E-state index is 11.9. The van der Waals surface area contributed by atoms with Crippen LogP contribution in [-0.4, -0.2) is 30.4 Å². The van der Waals surface area contributed by atoms with Crippen LogP contribution in [-0.2, 0) is 21.0 Å². The molecule has 1 unspecified atom stereocenters. The van der Waals surface area contributed by atoms with E-state index in [2.05, 4.69) is 10.2 Å². The Bertz CT molecular complexity index is 400. The van der Waals surface area contributed by atoms with Crippen LogP contribution in [0.25, 0.3) is 0 Å². The van der Waals surface area contributed by atoms with E-state index in [0.717, 1.165) is 5.56 Å². The van der Waals surface area contributed by atoms with Gasteiger partial charge in [0, 0.05) is 5.41 Å². The zero-order valence-corrected chi connectivity index (χ0v) is 12.3. The number of benzene rings is 1. The van der Waals surface area contributed by atoms with Crippen LogP contribution in [0.4, 0.5) is 0 Å². The first-order valence-corrected chi connectivity index (χ1v) is 6.62. The lowest BCUT2D eigenvalue weighted by Crippen LogP contribution is -2.46. The molecule has 0 radical (unpaired) electrons. The van der Waals surface area contributed by atoms with Crippen LogP contribution in [0, 0.1) is 5.41 Å². The van der Waals surface area contributed by atoms with E-state index in [-0.39, 0.29) is 25.2 Å². The van der Waals surface area contributed by atoms with Crippen molar-refractivity contribution in [2.45, 2.75) is 33.4 Å². The van der Waals surface area contributed by atoms with Gasteiger partial charge in [0.05, 0.1) is 19.3 Å². The van der Waals surface area contributed by atoms with Crippen LogP contribution in [0.5, 0.6) is 0 Å². The topological polar surface area (TPSA) is 67.8 Å². The molecule has 0 spiro atoms. The van der Waals surface area contributed by atoms with Crippen molar-refractivity contribution in [3.8, 4) is 0 Å². The summed E-state index contributed by atoms with van der Waals surface area (Å²) in [6.45, 7) is 6.19. The highest BCUT2D eigenvalue weighted by Crippen LogP contribution is 2.13. The predicted molar refractivity (Wildman–Crippen MR) is 76.1 cm³/mol. The summed E-state index contributed by atoms with van der Waals surface area (Å²) in [5.41, 5.74) is 0.561. The van der Waals surface area contributed by atoms with Gasteiger partial charge in [0.1, 0.15) is 6.61 Å². The van der Waals surface area contributed by atoms with Crippen LogP contribution in [0.1, 0.15) is 26.3 Å². The zero-order chi connectivity index (χ0) is 15.0. The Balaban J connectivity index is 2.41. The number of carbonyl (C=O) groups is 1. The molecule has 5 nitrogen and oxygen atoms in total. The van der Waals surface area contributed by atoms with E-state index < -0.39 is 5.41 Å². The first-order chi connectivity index (χ1) is 9.43. The standard InChI is InChI=1S/C15H23NO4/c1-15(2,3)14(17)16-13(11-20-18)10-19-9-12-7-5-4-6-8-12/h4-8,13,18H,9-11H2,1-3H3,(H,16,17). The lowest BCUT2D eigenvalue weighted by molar-refractivity contribution is -0.248. The molecule has 0 saturated heterocycles. The average molecular weight is 281 g/mol. The highest BCUT2D eigenvalue weighted by Gasteiger charge is 2.24. The SMILES string of the molecule is CC(C)(C)C(=O)NC(COO)COCc1ccccc1. The van der Waals surface area contributed by atoms with Crippen molar-refractivity contribution >= 4 is 5.91 Å². The fraction of sp³-hybridized carbons (Fsp3) is 0.533. The van der Waals surface area contributed by atoms with Gasteiger partial charge in [-0.3, -0.25) is 10.1 Å². The average Bonchev–Trinajstić information content (AvgIpc) is 2.39. The van der Waals surface area contributed by atoms with Crippen molar-refractivity contribution < 1.29 is 19.7 Å². The molecule has 0 bridgehead atoms. The molecule has 112 valence electrons. The Morgan fingerprint density at radius 2 is 1.90 bits per heavy atom. The summed E-state index contributed by atoms with van der Waals surface area (Å²) >= 11 is 0. The van der Waals surface area contributed by atoms with Crippen molar-refractivity contribution in [3.05, 3.63) is 35.9 Å². The van der Waals surface area contributed by atoms with Crippen LogP contribution in [0.15, 0.2) is 30.3 Å². The number of hydrogen-bond donors (Lipinski definition) is 2. The highest BCUT2D eigenvalue weighted by molar-refractivity contribution is 5.81. The molecule has 0 saturated carbocycles. The summed E-state index contributed by atoms with van der Waals surface area (Å²) in [5, 5.41) is 11.4. The molecule has 0 aromatic heterocycles. The third-order valence-electron chi connectivity index (χ3n) is 2.72. The summed E-state index contributed by atoms with van der Waals surface area (Å²) in [6, 6.07) is 9.37. The van der Waals surface area contributed by atoms with Gasteiger partial charge in [0.2, 0.25) is 5.91 Å². The van der Waals surface area contributed by atoms with Gasteiger partial charge in [0.15, 0.2) is 0 Å². The van der Waals surface area contributed by atoms with Crippen LogP contribution >= 0.6 is 0 Å². The number of carbonyl (C=O) groups excluding carboxylic acids is 1. The van der Waals surface area contributed by atoms with Crippen molar-refractivity contribution in [1.82, 2.24) is 5.32 Å². The molecule has 0 aliphatic carbocycles. The quantitative estimate of drug-likeness (QED) is 0.594. The molecular weight excluding hydrogens is 258 g/mol. The molecule has 5 heteroatoms. The maximum Gasteiger partial charge on any atom is 0.225 e. The summed E-state index contributed by atoms with van der Waals surface area (Å²) < 4.78 is 5.54. The summed E-state index contributed by atoms with van der Waals surface area (Å²) in [4.78, 5) is 16.0. The molecule has 1 aromatic carbocycles. The fourth-order valence-electron chi connectivity index (χ4n) is 1.52. The van der Waals surface area contributed by atoms with Gasteiger partial charge in [-0.15, -0.1) is 0 Å². The van der Waals surface area contributed by atoms with Gasteiger partial charge in [-0.05, 0) is 5.56 Å². The predicted octanol–water partition coefficient (Wildman–Crippen LogP) is 2.22. The molecule has 20 heavy (non-hydrogen) atoms. The molecular formula is C15H23NO4. The van der Waals surface area contributed by atoms with Crippen molar-refractivity contribution in [2.75, 3.05) is 13.2 Å². The third-order valence-corrected chi connectivity index (χ3v) is 2.72. The molecule has 0 fully saturated rings. The second kappa shape index (κ2) is 7.99. The van der Waals surface area contributed by atoms with Crippen molar-refractivity contribution in [2.24, 2.45) is 5.41 Å². The van der Waals surface area contributed by atoms with Crippen LogP contribution in [0.3, 0.4) is 0 Å². The Morgan fingerprint density at radius 3 is 2.45 bits per heavy atom. The second-order valence-electron chi connectivity index (χ2n) is 5.72. The molecule has 1 aromatic rings. The van der Waals surface area contributed by atoms with Crippen molar-refractivity contribution in [1.29, 1.82) is 0 Å². The number of ether oxygens (including phenoxy) is 1. The van der Waals surface area contributed by atoms with Crippen molar-refractivity contribution in [3.63, 3.8) is 0 Å². The van der Waals surface area contributed by atoms with E-state index in [1.165, 1.54) is 0 Å². The molecule has 0 aliphatic heterocycles. The van der Waals surface area contributed by atoms with Gasteiger partial charge in [0.25, 0.3) is 0 Å². The summed E-state index contributed by atoms with van der Waals surface area (Å²) in [6.07, 6.45) is 0. The van der Waals surface area contributed by atoms with Gasteiger partial charge in [-0.1, -0.05) is 51.1 Å². The smallest absolute Gasteiger partial charge is 0.225 e. The van der Waals surface area contributed by atoms with E-state index in [9.17, 15) is 4.79 Å². The largest absolute Gasteiger partial charge is 0.375 e. The van der Waals surface area contributed by atoms with Gasteiger partial charge in [-0.2, -0.15) is 0 Å². The first kappa shape index (κ1) is 16.6. The normalized spacial score (nSPS) is 13.0. The summed E-state index contributed by atoms with van der Waals surface area (Å²) in [5.74, 6) is -0.108. The molecule has 1 amide bonds. The minimum Gasteiger partial charge on any atom is -0.375 e. The van der Waals surface area contributed by atoms with E-state index in [1.54, 1.807) is 0 Å². The minimum atomic E-state index is -0.493. The Hall–Kier alpha value is -1.43. The van der Waals surface area contributed by atoms with Crippen LogP contribution in [0.2, 0.25) is 0 Å². The fourth-order valence-corrected chi connectivity index (χ4v) is 1.52. The van der Waals surface area contributed by atoms with E-state index in [1.807, 2.05) is 51.1 Å². The van der Waals surface area contributed by atoms with Gasteiger partial charge >= 0.3 is 0 Å². The lowest BCUT2D eigenvalue weighted by atomic mass is 9.95. The highest BCUT2D eigenvalue weighted by atomic mass is 17.1. The lowest BCUT2D eigenvalue weighted by Gasteiger charge is -2.23. The second-order valence-corrected chi connectivity index (χ2v) is 5.72. The van der Waals surface area contributed by atoms with E-state index in [4.69, 9.17) is 9.99 Å². The third kappa shape index (κ3) is 6.14. The number of hydrogen-bond acceptors (Lipinski definition) is 4. The minimum absolute atomic E-state index is 0.00336. The Morgan fingerprint density at radius 1 is 1.25 bits per heavy atom. The Labute approximate surface area is 119 Å². The molecule has 0 aliphatic rings. The monoisotopic (exact) mass is 281 g/mol. The number of amides is 1. The van der Waals surface area contributed by atoms with E-state index >= 15 is 0 Å². The molecule has 2 N–H and O–H groups in total. The molecule has 0 heterocycles. The van der Waals surface area contributed by atoms with Gasteiger partial charge in [-0.25, -0.2) is 4.89 Å². The summed E-state index contributed by atoms with van der Waals surface area (Å²) in [7, 11) is 0. The number of nitrogens with one attached hydrogen (secondary N) is 1. The first-order valence-electron chi connectivity index (χ1n) is 6.62. The molecule has 1 atom stereocenters. The van der Waals surface area contributed by atoms with Gasteiger partial charge < -0.3 is 10.1 Å².